The lowest BCUT2D eigenvalue weighted by Gasteiger charge is -2.12. The van der Waals surface area contributed by atoms with Crippen molar-refractivity contribution in [3.05, 3.63) is 30.1 Å². The maximum atomic E-state index is 12.0. The standard InChI is InChI=1S/C18H26N6O3/c1-5-19-16-11-17(23-12(2)22-16)20-8-9-21-18(25)24-13-6-7-14(26-3)15(10-13)27-4/h6-7,10-11H,5,8-9H2,1-4H3,(H2,21,24,25)(H2,19,20,22,23). The van der Waals surface area contributed by atoms with Gasteiger partial charge in [-0.3, -0.25) is 0 Å². The Bertz CT molecular complexity index is 769. The molecule has 0 saturated heterocycles. The molecule has 0 bridgehead atoms. The molecular formula is C18H26N6O3. The van der Waals surface area contributed by atoms with Crippen molar-refractivity contribution in [2.75, 3.05) is 49.8 Å². The van der Waals surface area contributed by atoms with Crippen LogP contribution in [0.3, 0.4) is 0 Å². The summed E-state index contributed by atoms with van der Waals surface area (Å²) >= 11 is 0. The van der Waals surface area contributed by atoms with Crippen LogP contribution < -0.4 is 30.7 Å². The van der Waals surface area contributed by atoms with Gasteiger partial charge in [0.2, 0.25) is 0 Å². The van der Waals surface area contributed by atoms with E-state index in [-0.39, 0.29) is 6.03 Å². The van der Waals surface area contributed by atoms with E-state index in [1.165, 1.54) is 0 Å². The van der Waals surface area contributed by atoms with Crippen molar-refractivity contribution in [2.24, 2.45) is 0 Å². The number of hydrogen-bond acceptors (Lipinski definition) is 7. The highest BCUT2D eigenvalue weighted by Gasteiger charge is 2.07. The molecule has 0 unspecified atom stereocenters. The number of benzene rings is 1. The highest BCUT2D eigenvalue weighted by molar-refractivity contribution is 5.89. The molecule has 4 N–H and O–H groups in total. The second-order valence-corrected chi connectivity index (χ2v) is 5.59. The zero-order valence-corrected chi connectivity index (χ0v) is 16.0. The van der Waals surface area contributed by atoms with Gasteiger partial charge in [-0.25, -0.2) is 14.8 Å². The first-order valence-corrected chi connectivity index (χ1v) is 8.66. The SMILES string of the molecule is CCNc1cc(NCCNC(=O)Nc2ccc(OC)c(OC)c2)nc(C)n1. The van der Waals surface area contributed by atoms with Crippen LogP contribution in [-0.4, -0.2) is 49.9 Å². The van der Waals surface area contributed by atoms with Gasteiger partial charge >= 0.3 is 6.03 Å². The number of urea groups is 1. The largest absolute Gasteiger partial charge is 0.493 e. The number of carbonyl (C=O) groups is 1. The number of methoxy groups -OCH3 is 2. The summed E-state index contributed by atoms with van der Waals surface area (Å²) in [5, 5.41) is 11.8. The molecule has 0 spiro atoms. The van der Waals surface area contributed by atoms with E-state index in [9.17, 15) is 4.79 Å². The summed E-state index contributed by atoms with van der Waals surface area (Å²) in [7, 11) is 3.11. The fraction of sp³-hybridized carbons (Fsp3) is 0.389. The van der Waals surface area contributed by atoms with Crippen molar-refractivity contribution < 1.29 is 14.3 Å². The van der Waals surface area contributed by atoms with Crippen LogP contribution in [0.15, 0.2) is 24.3 Å². The van der Waals surface area contributed by atoms with Crippen molar-refractivity contribution >= 4 is 23.4 Å². The summed E-state index contributed by atoms with van der Waals surface area (Å²) in [6, 6.07) is 6.69. The highest BCUT2D eigenvalue weighted by Crippen LogP contribution is 2.29. The number of amides is 2. The molecule has 0 aliphatic heterocycles. The number of nitrogens with one attached hydrogen (secondary N) is 4. The molecule has 0 atom stereocenters. The maximum Gasteiger partial charge on any atom is 0.319 e. The molecule has 27 heavy (non-hydrogen) atoms. The zero-order chi connectivity index (χ0) is 19.6. The summed E-state index contributed by atoms with van der Waals surface area (Å²) in [5.74, 6) is 3.31. The van der Waals surface area contributed by atoms with E-state index < -0.39 is 0 Å². The van der Waals surface area contributed by atoms with Gasteiger partial charge in [0.15, 0.2) is 11.5 Å². The molecule has 2 rings (SSSR count). The summed E-state index contributed by atoms with van der Waals surface area (Å²) in [6.07, 6.45) is 0. The van der Waals surface area contributed by atoms with E-state index in [2.05, 4.69) is 31.2 Å². The summed E-state index contributed by atoms with van der Waals surface area (Å²) in [6.45, 7) is 5.58. The van der Waals surface area contributed by atoms with Crippen molar-refractivity contribution in [3.63, 3.8) is 0 Å². The molecular weight excluding hydrogens is 348 g/mol. The van der Waals surface area contributed by atoms with Gasteiger partial charge in [-0.2, -0.15) is 0 Å². The number of ether oxygens (including phenoxy) is 2. The van der Waals surface area contributed by atoms with E-state index >= 15 is 0 Å². The van der Waals surface area contributed by atoms with Crippen molar-refractivity contribution in [3.8, 4) is 11.5 Å². The molecule has 0 aliphatic carbocycles. The van der Waals surface area contributed by atoms with Crippen LogP contribution in [0.4, 0.5) is 22.1 Å². The van der Waals surface area contributed by atoms with Gasteiger partial charge in [0, 0.05) is 37.5 Å². The van der Waals surface area contributed by atoms with Crippen LogP contribution in [0.2, 0.25) is 0 Å². The average molecular weight is 374 g/mol. The van der Waals surface area contributed by atoms with Gasteiger partial charge in [0.25, 0.3) is 0 Å². The summed E-state index contributed by atoms with van der Waals surface area (Å²) in [5.41, 5.74) is 0.611. The number of aromatic nitrogens is 2. The number of anilines is 3. The zero-order valence-electron chi connectivity index (χ0n) is 16.0. The molecule has 9 nitrogen and oxygen atoms in total. The minimum Gasteiger partial charge on any atom is -0.493 e. The predicted molar refractivity (Wildman–Crippen MR) is 106 cm³/mol. The molecule has 1 heterocycles. The molecule has 0 fully saturated rings. The van der Waals surface area contributed by atoms with E-state index in [1.54, 1.807) is 32.4 Å². The summed E-state index contributed by atoms with van der Waals surface area (Å²) in [4.78, 5) is 20.6. The number of nitrogens with zero attached hydrogens (tertiary/aromatic N) is 2. The van der Waals surface area contributed by atoms with E-state index in [4.69, 9.17) is 9.47 Å². The van der Waals surface area contributed by atoms with Crippen molar-refractivity contribution in [1.82, 2.24) is 15.3 Å². The Labute approximate surface area is 158 Å². The quantitative estimate of drug-likeness (QED) is 0.499. The highest BCUT2D eigenvalue weighted by atomic mass is 16.5. The van der Waals surface area contributed by atoms with Crippen LogP contribution in [-0.2, 0) is 0 Å². The molecule has 146 valence electrons. The molecule has 9 heteroatoms. The second-order valence-electron chi connectivity index (χ2n) is 5.59. The van der Waals surface area contributed by atoms with Gasteiger partial charge in [-0.1, -0.05) is 0 Å². The molecule has 1 aromatic carbocycles. The third kappa shape index (κ3) is 6.21. The molecule has 2 amide bonds. The lowest BCUT2D eigenvalue weighted by Crippen LogP contribution is -2.32. The third-order valence-corrected chi connectivity index (χ3v) is 3.55. The number of rotatable bonds is 9. The van der Waals surface area contributed by atoms with Gasteiger partial charge in [-0.05, 0) is 26.0 Å². The topological polar surface area (TPSA) is 109 Å². The van der Waals surface area contributed by atoms with Gasteiger partial charge < -0.3 is 30.7 Å². The Morgan fingerprint density at radius 2 is 1.70 bits per heavy atom. The average Bonchev–Trinajstić information content (AvgIpc) is 2.65. The molecule has 0 radical (unpaired) electrons. The normalized spacial score (nSPS) is 10.1. The first kappa shape index (κ1) is 20.1. The Morgan fingerprint density at radius 3 is 2.37 bits per heavy atom. The van der Waals surface area contributed by atoms with Crippen LogP contribution in [0.5, 0.6) is 11.5 Å². The number of hydrogen-bond donors (Lipinski definition) is 4. The second kappa shape index (κ2) is 10.0. The Balaban J connectivity index is 1.79. The van der Waals surface area contributed by atoms with Crippen molar-refractivity contribution in [2.45, 2.75) is 13.8 Å². The first-order valence-electron chi connectivity index (χ1n) is 8.66. The van der Waals surface area contributed by atoms with E-state index in [0.717, 1.165) is 12.4 Å². The van der Waals surface area contributed by atoms with Gasteiger partial charge in [-0.15, -0.1) is 0 Å². The Hall–Kier alpha value is -3.23. The minimum atomic E-state index is -0.309. The summed E-state index contributed by atoms with van der Waals surface area (Å²) < 4.78 is 10.4. The van der Waals surface area contributed by atoms with Gasteiger partial charge in [0.05, 0.1) is 14.2 Å². The molecule has 0 aliphatic rings. The lowest BCUT2D eigenvalue weighted by molar-refractivity contribution is 0.252. The van der Waals surface area contributed by atoms with Crippen LogP contribution in [0, 0.1) is 6.92 Å². The van der Waals surface area contributed by atoms with E-state index in [0.29, 0.717) is 41.9 Å². The van der Waals surface area contributed by atoms with Gasteiger partial charge in [0.1, 0.15) is 17.5 Å². The van der Waals surface area contributed by atoms with E-state index in [1.807, 2.05) is 19.9 Å². The minimum absolute atomic E-state index is 0.309. The monoisotopic (exact) mass is 374 g/mol. The predicted octanol–water partition coefficient (Wildman–Crippen LogP) is 2.47. The smallest absolute Gasteiger partial charge is 0.319 e. The van der Waals surface area contributed by atoms with Crippen LogP contribution in [0.1, 0.15) is 12.7 Å². The number of aryl methyl sites for hydroxylation is 1. The maximum absolute atomic E-state index is 12.0. The fourth-order valence-electron chi connectivity index (χ4n) is 2.39. The Kier molecular flexibility index (Phi) is 7.48. The van der Waals surface area contributed by atoms with Crippen molar-refractivity contribution in [1.29, 1.82) is 0 Å². The van der Waals surface area contributed by atoms with Crippen LogP contribution >= 0.6 is 0 Å². The molecule has 2 aromatic rings. The Morgan fingerprint density at radius 1 is 1.00 bits per heavy atom. The van der Waals surface area contributed by atoms with Crippen LogP contribution in [0.25, 0.3) is 0 Å². The number of carbonyl (C=O) groups excluding carboxylic acids is 1. The lowest BCUT2D eigenvalue weighted by atomic mass is 10.3. The third-order valence-electron chi connectivity index (χ3n) is 3.55. The molecule has 0 saturated carbocycles. The first-order chi connectivity index (χ1) is 13.0. The fourth-order valence-corrected chi connectivity index (χ4v) is 2.39. The molecule has 1 aromatic heterocycles.